The van der Waals surface area contributed by atoms with Gasteiger partial charge in [-0.05, 0) is 32.4 Å². The molecule has 1 aliphatic heterocycles. The van der Waals surface area contributed by atoms with E-state index >= 15 is 0 Å². The molecule has 1 aromatic rings. The zero-order chi connectivity index (χ0) is 16.8. The SMILES string of the molecule is CCN(CC)C(=O)CN1CCCN(C(=O)c2ccc(Cl)s2)CC1. The minimum absolute atomic E-state index is 0.0406. The van der Waals surface area contributed by atoms with Crippen molar-refractivity contribution in [2.45, 2.75) is 20.3 Å². The lowest BCUT2D eigenvalue weighted by molar-refractivity contribution is -0.132. The van der Waals surface area contributed by atoms with Gasteiger partial charge in [-0.1, -0.05) is 11.6 Å². The summed E-state index contributed by atoms with van der Waals surface area (Å²) < 4.78 is 0.634. The van der Waals surface area contributed by atoms with Crippen LogP contribution < -0.4 is 0 Å². The molecule has 2 amide bonds. The van der Waals surface area contributed by atoms with Crippen molar-refractivity contribution >= 4 is 34.8 Å². The van der Waals surface area contributed by atoms with Crippen LogP contribution in [0.15, 0.2) is 12.1 Å². The quantitative estimate of drug-likeness (QED) is 0.812. The highest BCUT2D eigenvalue weighted by atomic mass is 35.5. The highest BCUT2D eigenvalue weighted by Crippen LogP contribution is 2.23. The highest BCUT2D eigenvalue weighted by Gasteiger charge is 2.23. The fourth-order valence-corrected chi connectivity index (χ4v) is 3.80. The first-order valence-electron chi connectivity index (χ1n) is 8.09. The van der Waals surface area contributed by atoms with Crippen molar-refractivity contribution in [3.8, 4) is 0 Å². The van der Waals surface area contributed by atoms with Gasteiger partial charge < -0.3 is 9.80 Å². The highest BCUT2D eigenvalue weighted by molar-refractivity contribution is 7.17. The Morgan fingerprint density at radius 3 is 2.52 bits per heavy atom. The Morgan fingerprint density at radius 1 is 1.17 bits per heavy atom. The van der Waals surface area contributed by atoms with Crippen molar-refractivity contribution in [3.63, 3.8) is 0 Å². The third-order valence-corrected chi connectivity index (χ3v) is 5.35. The number of thiophene rings is 1. The Morgan fingerprint density at radius 2 is 1.91 bits per heavy atom. The van der Waals surface area contributed by atoms with Gasteiger partial charge in [0.1, 0.15) is 0 Å². The summed E-state index contributed by atoms with van der Waals surface area (Å²) in [6, 6.07) is 3.54. The van der Waals surface area contributed by atoms with E-state index in [0.717, 1.165) is 39.1 Å². The number of amides is 2. The van der Waals surface area contributed by atoms with Crippen molar-refractivity contribution < 1.29 is 9.59 Å². The largest absolute Gasteiger partial charge is 0.342 e. The molecular weight excluding hydrogens is 334 g/mol. The third-order valence-electron chi connectivity index (χ3n) is 4.13. The van der Waals surface area contributed by atoms with Crippen LogP contribution in [0, 0.1) is 0 Å². The molecule has 1 aromatic heterocycles. The molecule has 0 saturated carbocycles. The molecule has 5 nitrogen and oxygen atoms in total. The minimum atomic E-state index is 0.0406. The second-order valence-corrected chi connectivity index (χ2v) is 7.31. The summed E-state index contributed by atoms with van der Waals surface area (Å²) >= 11 is 7.23. The minimum Gasteiger partial charge on any atom is -0.342 e. The zero-order valence-electron chi connectivity index (χ0n) is 13.8. The van der Waals surface area contributed by atoms with Crippen LogP contribution in [0.4, 0.5) is 0 Å². The van der Waals surface area contributed by atoms with Gasteiger partial charge in [-0.25, -0.2) is 0 Å². The van der Waals surface area contributed by atoms with Crippen LogP contribution in [-0.4, -0.2) is 72.3 Å². The fraction of sp³-hybridized carbons (Fsp3) is 0.625. The maximum Gasteiger partial charge on any atom is 0.264 e. The zero-order valence-corrected chi connectivity index (χ0v) is 15.3. The number of rotatable bonds is 5. The lowest BCUT2D eigenvalue weighted by Crippen LogP contribution is -2.42. The molecule has 128 valence electrons. The van der Waals surface area contributed by atoms with Gasteiger partial charge in [-0.3, -0.25) is 14.5 Å². The van der Waals surface area contributed by atoms with E-state index in [4.69, 9.17) is 11.6 Å². The van der Waals surface area contributed by atoms with Crippen LogP contribution in [0.2, 0.25) is 4.34 Å². The van der Waals surface area contributed by atoms with Gasteiger partial charge in [0.25, 0.3) is 5.91 Å². The van der Waals surface area contributed by atoms with Crippen molar-refractivity contribution in [2.24, 2.45) is 0 Å². The van der Waals surface area contributed by atoms with Gasteiger partial charge in [-0.15, -0.1) is 11.3 Å². The van der Waals surface area contributed by atoms with E-state index in [1.807, 2.05) is 23.6 Å². The molecule has 0 aromatic carbocycles. The van der Waals surface area contributed by atoms with Crippen LogP contribution in [-0.2, 0) is 4.79 Å². The predicted octanol–water partition coefficient (Wildman–Crippen LogP) is 2.42. The van der Waals surface area contributed by atoms with E-state index in [1.54, 1.807) is 12.1 Å². The molecule has 0 unspecified atom stereocenters. The van der Waals surface area contributed by atoms with Crippen molar-refractivity contribution in [1.82, 2.24) is 14.7 Å². The first-order chi connectivity index (χ1) is 11.0. The number of hydrogen-bond acceptors (Lipinski definition) is 4. The maximum absolute atomic E-state index is 12.5. The first-order valence-corrected chi connectivity index (χ1v) is 9.29. The number of nitrogens with zero attached hydrogens (tertiary/aromatic N) is 3. The molecule has 2 rings (SSSR count). The standard InChI is InChI=1S/C16H24ClN3O2S/c1-3-19(4-2)15(21)12-18-8-5-9-20(11-10-18)16(22)13-6-7-14(17)23-13/h6-7H,3-5,8-12H2,1-2H3. The van der Waals surface area contributed by atoms with Crippen LogP contribution in [0.5, 0.6) is 0 Å². The summed E-state index contributed by atoms with van der Waals surface area (Å²) in [6.07, 6.45) is 0.885. The van der Waals surface area contributed by atoms with Crippen LogP contribution in [0.25, 0.3) is 0 Å². The second kappa shape index (κ2) is 8.66. The number of carbonyl (C=O) groups excluding carboxylic acids is 2. The average Bonchev–Trinajstić information content (AvgIpc) is 2.83. The Kier molecular flexibility index (Phi) is 6.87. The fourth-order valence-electron chi connectivity index (χ4n) is 2.78. The maximum atomic E-state index is 12.5. The predicted molar refractivity (Wildman–Crippen MR) is 94.2 cm³/mol. The van der Waals surface area contributed by atoms with E-state index in [2.05, 4.69) is 4.90 Å². The topological polar surface area (TPSA) is 43.9 Å². The Balaban J connectivity index is 1.89. The van der Waals surface area contributed by atoms with Crippen molar-refractivity contribution in [1.29, 1.82) is 0 Å². The average molecular weight is 358 g/mol. The summed E-state index contributed by atoms with van der Waals surface area (Å²) in [7, 11) is 0. The van der Waals surface area contributed by atoms with Gasteiger partial charge >= 0.3 is 0 Å². The summed E-state index contributed by atoms with van der Waals surface area (Å²) in [4.78, 5) is 31.2. The molecule has 1 fully saturated rings. The normalized spacial score (nSPS) is 16.2. The van der Waals surface area contributed by atoms with E-state index in [-0.39, 0.29) is 11.8 Å². The summed E-state index contributed by atoms with van der Waals surface area (Å²) in [6.45, 7) is 8.88. The number of hydrogen-bond donors (Lipinski definition) is 0. The first kappa shape index (κ1) is 18.2. The van der Waals surface area contributed by atoms with Gasteiger partial charge in [0.05, 0.1) is 15.8 Å². The summed E-state index contributed by atoms with van der Waals surface area (Å²) in [5.74, 6) is 0.207. The smallest absolute Gasteiger partial charge is 0.264 e. The van der Waals surface area contributed by atoms with E-state index < -0.39 is 0 Å². The molecule has 23 heavy (non-hydrogen) atoms. The van der Waals surface area contributed by atoms with Crippen LogP contribution in [0.3, 0.4) is 0 Å². The number of likely N-dealkylation sites (N-methyl/N-ethyl adjacent to an activating group) is 1. The summed E-state index contributed by atoms with van der Waals surface area (Å²) in [5, 5.41) is 0. The lowest BCUT2D eigenvalue weighted by Gasteiger charge is -2.25. The molecule has 7 heteroatoms. The van der Waals surface area contributed by atoms with Crippen LogP contribution in [0.1, 0.15) is 29.9 Å². The lowest BCUT2D eigenvalue weighted by atomic mass is 10.3. The van der Waals surface area contributed by atoms with Gasteiger partial charge in [-0.2, -0.15) is 0 Å². The van der Waals surface area contributed by atoms with Gasteiger partial charge in [0, 0.05) is 39.3 Å². The second-order valence-electron chi connectivity index (χ2n) is 5.59. The van der Waals surface area contributed by atoms with Crippen LogP contribution >= 0.6 is 22.9 Å². The number of halogens is 1. The molecule has 1 aliphatic rings. The third kappa shape index (κ3) is 4.93. The van der Waals surface area contributed by atoms with Gasteiger partial charge in [0.2, 0.25) is 5.91 Å². The molecule has 0 bridgehead atoms. The molecule has 0 N–H and O–H groups in total. The van der Waals surface area contributed by atoms with E-state index in [0.29, 0.717) is 22.3 Å². The van der Waals surface area contributed by atoms with Crippen molar-refractivity contribution in [2.75, 3.05) is 45.8 Å². The molecule has 0 radical (unpaired) electrons. The molecule has 0 aliphatic carbocycles. The van der Waals surface area contributed by atoms with Gasteiger partial charge in [0.15, 0.2) is 0 Å². The molecule has 0 atom stereocenters. The van der Waals surface area contributed by atoms with E-state index in [9.17, 15) is 9.59 Å². The number of carbonyl (C=O) groups is 2. The molecule has 0 spiro atoms. The Bertz CT molecular complexity index is 545. The Hall–Kier alpha value is -1.11. The summed E-state index contributed by atoms with van der Waals surface area (Å²) in [5.41, 5.74) is 0. The Labute approximate surface area is 146 Å². The molecular formula is C16H24ClN3O2S. The monoisotopic (exact) mass is 357 g/mol. The van der Waals surface area contributed by atoms with E-state index in [1.165, 1.54) is 11.3 Å². The molecule has 2 heterocycles. The van der Waals surface area contributed by atoms with Crippen molar-refractivity contribution in [3.05, 3.63) is 21.3 Å². The molecule has 1 saturated heterocycles.